The van der Waals surface area contributed by atoms with Crippen LogP contribution >= 0.6 is 11.6 Å². The topological polar surface area (TPSA) is 105 Å². The first-order valence-corrected chi connectivity index (χ1v) is 6.98. The lowest BCUT2D eigenvalue weighted by Gasteiger charge is -2.09. The highest BCUT2D eigenvalue weighted by atomic mass is 35.5. The van der Waals surface area contributed by atoms with Crippen molar-refractivity contribution in [3.05, 3.63) is 41.6 Å². The van der Waals surface area contributed by atoms with Crippen LogP contribution in [-0.2, 0) is 10.0 Å². The third-order valence-corrected chi connectivity index (χ3v) is 3.94. The molecule has 0 bridgehead atoms. The van der Waals surface area contributed by atoms with Gasteiger partial charge >= 0.3 is 0 Å². The minimum Gasteiger partial charge on any atom is -0.506 e. The van der Waals surface area contributed by atoms with E-state index in [9.17, 15) is 13.5 Å². The van der Waals surface area contributed by atoms with Crippen LogP contribution in [0, 0.1) is 0 Å². The van der Waals surface area contributed by atoms with E-state index in [2.05, 4.69) is 9.71 Å². The van der Waals surface area contributed by atoms with Gasteiger partial charge in [-0.1, -0.05) is 11.6 Å². The first kappa shape index (κ1) is 13.4. The summed E-state index contributed by atoms with van der Waals surface area (Å²) in [5.41, 5.74) is 5.42. The predicted octanol–water partition coefficient (Wildman–Crippen LogP) is 1.82. The number of nitrogens with one attached hydrogen (secondary N) is 1. The van der Waals surface area contributed by atoms with E-state index in [1.54, 1.807) is 6.07 Å². The van der Waals surface area contributed by atoms with E-state index < -0.39 is 10.0 Å². The third kappa shape index (κ3) is 2.88. The van der Waals surface area contributed by atoms with Crippen molar-refractivity contribution in [2.45, 2.75) is 4.90 Å². The number of aromatic hydroxyl groups is 1. The molecule has 1 heterocycles. The van der Waals surface area contributed by atoms with Gasteiger partial charge in [-0.3, -0.25) is 4.72 Å². The SMILES string of the molecule is Nc1cc(S(=O)(=O)Nc2ncccc2Cl)ccc1O. The number of nitrogens with zero attached hydrogens (tertiary/aromatic N) is 1. The number of anilines is 2. The molecule has 0 fully saturated rings. The van der Waals surface area contributed by atoms with Gasteiger partial charge < -0.3 is 10.8 Å². The normalized spacial score (nSPS) is 11.2. The summed E-state index contributed by atoms with van der Waals surface area (Å²) in [6.07, 6.45) is 1.41. The Kier molecular flexibility index (Phi) is 3.50. The molecule has 100 valence electrons. The van der Waals surface area contributed by atoms with Crippen molar-refractivity contribution >= 4 is 33.1 Å². The molecular formula is C11H10ClN3O3S. The molecule has 0 aliphatic heterocycles. The highest BCUT2D eigenvalue weighted by Gasteiger charge is 2.17. The van der Waals surface area contributed by atoms with Crippen LogP contribution in [0.15, 0.2) is 41.4 Å². The monoisotopic (exact) mass is 299 g/mol. The van der Waals surface area contributed by atoms with Gasteiger partial charge in [-0.2, -0.15) is 0 Å². The second-order valence-corrected chi connectivity index (χ2v) is 5.75. The zero-order valence-electron chi connectivity index (χ0n) is 9.54. The fraction of sp³-hybridized carbons (Fsp3) is 0. The molecular weight excluding hydrogens is 290 g/mol. The number of nitrogens with two attached hydrogens (primary N) is 1. The molecule has 0 spiro atoms. The Morgan fingerprint density at radius 1 is 1.32 bits per heavy atom. The van der Waals surface area contributed by atoms with Gasteiger partial charge in [0.1, 0.15) is 5.75 Å². The number of benzene rings is 1. The largest absolute Gasteiger partial charge is 0.506 e. The summed E-state index contributed by atoms with van der Waals surface area (Å²) in [7, 11) is -3.86. The Hall–Kier alpha value is -1.99. The maximum atomic E-state index is 12.1. The van der Waals surface area contributed by atoms with Crippen LogP contribution in [0.25, 0.3) is 0 Å². The van der Waals surface area contributed by atoms with Gasteiger partial charge in [0.2, 0.25) is 0 Å². The lowest BCUT2D eigenvalue weighted by molar-refractivity contribution is 0.477. The number of phenols is 1. The van der Waals surface area contributed by atoms with Gasteiger partial charge in [0.15, 0.2) is 5.82 Å². The lowest BCUT2D eigenvalue weighted by atomic mass is 10.3. The smallest absolute Gasteiger partial charge is 0.263 e. The molecule has 0 unspecified atom stereocenters. The van der Waals surface area contributed by atoms with E-state index in [1.165, 1.54) is 24.4 Å². The molecule has 0 amide bonds. The zero-order chi connectivity index (χ0) is 14.0. The van der Waals surface area contributed by atoms with Gasteiger partial charge in [-0.05, 0) is 30.3 Å². The summed E-state index contributed by atoms with van der Waals surface area (Å²) < 4.78 is 26.4. The molecule has 0 aliphatic carbocycles. The molecule has 19 heavy (non-hydrogen) atoms. The Balaban J connectivity index is 2.38. The molecule has 0 aliphatic rings. The summed E-state index contributed by atoms with van der Waals surface area (Å²) in [6.45, 7) is 0. The molecule has 1 aromatic carbocycles. The number of aromatic nitrogens is 1. The highest BCUT2D eigenvalue weighted by Crippen LogP contribution is 2.26. The summed E-state index contributed by atoms with van der Waals surface area (Å²) >= 11 is 5.82. The van der Waals surface area contributed by atoms with E-state index >= 15 is 0 Å². The van der Waals surface area contributed by atoms with Crippen molar-refractivity contribution < 1.29 is 13.5 Å². The fourth-order valence-corrected chi connectivity index (χ4v) is 2.64. The van der Waals surface area contributed by atoms with Gasteiger partial charge in [0.25, 0.3) is 10.0 Å². The Bertz CT molecular complexity index is 719. The summed E-state index contributed by atoms with van der Waals surface area (Å²) in [6, 6.07) is 6.67. The predicted molar refractivity (Wildman–Crippen MR) is 72.6 cm³/mol. The fourth-order valence-electron chi connectivity index (χ4n) is 1.35. The number of pyridine rings is 1. The van der Waals surface area contributed by atoms with Gasteiger partial charge in [0.05, 0.1) is 15.6 Å². The maximum Gasteiger partial charge on any atom is 0.263 e. The van der Waals surface area contributed by atoms with E-state index in [-0.39, 0.29) is 27.2 Å². The average Bonchev–Trinajstić information content (AvgIpc) is 2.35. The first-order chi connectivity index (χ1) is 8.90. The van der Waals surface area contributed by atoms with Crippen molar-refractivity contribution in [2.24, 2.45) is 0 Å². The van der Waals surface area contributed by atoms with Crippen LogP contribution in [0.5, 0.6) is 5.75 Å². The quantitative estimate of drug-likeness (QED) is 0.592. The molecule has 0 saturated carbocycles. The van der Waals surface area contributed by atoms with E-state index in [0.29, 0.717) is 0 Å². The van der Waals surface area contributed by atoms with Crippen LogP contribution in [0.2, 0.25) is 5.02 Å². The Morgan fingerprint density at radius 2 is 2.05 bits per heavy atom. The molecule has 6 nitrogen and oxygen atoms in total. The van der Waals surface area contributed by atoms with Crippen LogP contribution in [0.4, 0.5) is 11.5 Å². The average molecular weight is 300 g/mol. The van der Waals surface area contributed by atoms with Gasteiger partial charge in [-0.15, -0.1) is 0 Å². The van der Waals surface area contributed by atoms with Gasteiger partial charge in [-0.25, -0.2) is 13.4 Å². The van der Waals surface area contributed by atoms with Crippen molar-refractivity contribution in [3.8, 4) is 5.75 Å². The first-order valence-electron chi connectivity index (χ1n) is 5.12. The summed E-state index contributed by atoms with van der Waals surface area (Å²) in [5, 5.41) is 9.45. The van der Waals surface area contributed by atoms with E-state index in [4.69, 9.17) is 17.3 Å². The van der Waals surface area contributed by atoms with Crippen molar-refractivity contribution in [2.75, 3.05) is 10.5 Å². The molecule has 0 radical (unpaired) electrons. The number of nitrogen functional groups attached to an aromatic ring is 1. The molecule has 8 heteroatoms. The minimum atomic E-state index is -3.86. The molecule has 2 rings (SSSR count). The molecule has 2 aromatic rings. The number of phenolic OH excluding ortho intramolecular Hbond substituents is 1. The third-order valence-electron chi connectivity index (χ3n) is 2.30. The van der Waals surface area contributed by atoms with E-state index in [0.717, 1.165) is 6.07 Å². The Labute approximate surface area is 114 Å². The number of hydrogen-bond acceptors (Lipinski definition) is 5. The Morgan fingerprint density at radius 3 is 2.68 bits per heavy atom. The highest BCUT2D eigenvalue weighted by molar-refractivity contribution is 7.92. The maximum absolute atomic E-state index is 12.1. The van der Waals surface area contributed by atoms with Crippen molar-refractivity contribution in [1.82, 2.24) is 4.98 Å². The molecule has 1 aromatic heterocycles. The van der Waals surface area contributed by atoms with Crippen LogP contribution in [-0.4, -0.2) is 18.5 Å². The number of hydrogen-bond donors (Lipinski definition) is 3. The van der Waals surface area contributed by atoms with Gasteiger partial charge in [0, 0.05) is 6.20 Å². The second kappa shape index (κ2) is 4.94. The van der Waals surface area contributed by atoms with Crippen LogP contribution in [0.1, 0.15) is 0 Å². The zero-order valence-corrected chi connectivity index (χ0v) is 11.1. The standard InChI is InChI=1S/C11H10ClN3O3S/c12-8-2-1-5-14-11(8)15-19(17,18)7-3-4-10(16)9(13)6-7/h1-6,16H,13H2,(H,14,15). The number of halogens is 1. The van der Waals surface area contributed by atoms with Crippen molar-refractivity contribution in [3.63, 3.8) is 0 Å². The summed E-state index contributed by atoms with van der Waals surface area (Å²) in [4.78, 5) is 3.73. The number of rotatable bonds is 3. The molecule has 4 N–H and O–H groups in total. The number of sulfonamides is 1. The van der Waals surface area contributed by atoms with Crippen LogP contribution < -0.4 is 10.5 Å². The summed E-state index contributed by atoms with van der Waals surface area (Å²) in [5.74, 6) is -0.161. The van der Waals surface area contributed by atoms with E-state index in [1.807, 2.05) is 0 Å². The molecule has 0 saturated heterocycles. The second-order valence-electron chi connectivity index (χ2n) is 3.66. The lowest BCUT2D eigenvalue weighted by Crippen LogP contribution is -2.14. The van der Waals surface area contributed by atoms with Crippen LogP contribution in [0.3, 0.4) is 0 Å². The minimum absolute atomic E-state index is 0.0239. The molecule has 0 atom stereocenters. The van der Waals surface area contributed by atoms with Crippen molar-refractivity contribution in [1.29, 1.82) is 0 Å².